The molecule has 0 saturated heterocycles. The van der Waals surface area contributed by atoms with Crippen molar-refractivity contribution in [2.24, 2.45) is 0 Å². The van der Waals surface area contributed by atoms with Gasteiger partial charge in [0.25, 0.3) is 5.69 Å². The van der Waals surface area contributed by atoms with Crippen molar-refractivity contribution in [3.05, 3.63) is 39.4 Å². The minimum absolute atomic E-state index is 0.164. The molecule has 0 bridgehead atoms. The number of hydrogen-bond donors (Lipinski definition) is 0. The first-order chi connectivity index (χ1) is 9.15. The molecule has 2 aliphatic rings. The highest BCUT2D eigenvalue weighted by Gasteiger charge is 2.26. The van der Waals surface area contributed by atoms with E-state index in [1.165, 1.54) is 19.3 Å². The van der Waals surface area contributed by atoms with Crippen LogP contribution in [-0.2, 0) is 12.8 Å². The summed E-state index contributed by atoms with van der Waals surface area (Å²) in [7, 11) is 0. The summed E-state index contributed by atoms with van der Waals surface area (Å²) in [4.78, 5) is 12.8. The van der Waals surface area contributed by atoms with Crippen molar-refractivity contribution >= 4 is 5.69 Å². The SMILES string of the molecule is [2H]C1Cc2ccc([N+](=O)[O-])cc2CCN1C1CCC1. The van der Waals surface area contributed by atoms with E-state index >= 15 is 0 Å². The Morgan fingerprint density at radius 3 is 2.83 bits per heavy atom. The predicted octanol–water partition coefficient (Wildman–Crippen LogP) is 2.55. The Morgan fingerprint density at radius 1 is 1.33 bits per heavy atom. The maximum absolute atomic E-state index is 10.8. The van der Waals surface area contributed by atoms with Gasteiger partial charge >= 0.3 is 0 Å². The minimum atomic E-state index is -0.340. The van der Waals surface area contributed by atoms with E-state index < -0.39 is 0 Å². The molecule has 1 aliphatic carbocycles. The van der Waals surface area contributed by atoms with Gasteiger partial charge in [0, 0.05) is 32.6 Å². The third-order valence-electron chi connectivity index (χ3n) is 4.13. The highest BCUT2D eigenvalue weighted by atomic mass is 16.6. The van der Waals surface area contributed by atoms with Gasteiger partial charge in [0.05, 0.1) is 4.92 Å². The van der Waals surface area contributed by atoms with Crippen LogP contribution in [0.5, 0.6) is 0 Å². The standard InChI is InChI=1S/C14H18N2O2/c17-16(18)14-5-4-11-6-8-15(13-2-1-3-13)9-7-12(11)10-14/h4-5,10,13H,1-3,6-9H2/i8D. The number of fused-ring (bicyclic) bond motifs is 1. The van der Waals surface area contributed by atoms with Crippen LogP contribution < -0.4 is 0 Å². The van der Waals surface area contributed by atoms with Crippen molar-refractivity contribution in [2.45, 2.75) is 38.1 Å². The van der Waals surface area contributed by atoms with E-state index in [-0.39, 0.29) is 17.1 Å². The second kappa shape index (κ2) is 4.69. The molecule has 1 atom stereocenters. The molecule has 1 unspecified atom stereocenters. The van der Waals surface area contributed by atoms with E-state index in [2.05, 4.69) is 4.90 Å². The fraction of sp³-hybridized carbons (Fsp3) is 0.571. The topological polar surface area (TPSA) is 46.4 Å². The Kier molecular flexibility index (Phi) is 2.73. The molecule has 0 amide bonds. The number of aryl methyl sites for hydroxylation is 1. The zero-order chi connectivity index (χ0) is 13.4. The molecule has 18 heavy (non-hydrogen) atoms. The molecule has 4 nitrogen and oxygen atoms in total. The molecule has 1 heterocycles. The lowest BCUT2D eigenvalue weighted by molar-refractivity contribution is -0.384. The first-order valence-corrected chi connectivity index (χ1v) is 6.59. The Bertz CT molecular complexity index is 502. The molecular formula is C14H18N2O2. The Labute approximate surface area is 108 Å². The number of nitrogens with zero attached hydrogens (tertiary/aromatic N) is 2. The molecule has 96 valence electrons. The van der Waals surface area contributed by atoms with Gasteiger partial charge in [-0.3, -0.25) is 15.0 Å². The number of benzene rings is 1. The zero-order valence-corrected chi connectivity index (χ0v) is 10.3. The number of nitro benzene ring substituents is 1. The molecule has 1 aromatic rings. The molecule has 1 aromatic carbocycles. The van der Waals surface area contributed by atoms with E-state index in [1.807, 2.05) is 6.07 Å². The summed E-state index contributed by atoms with van der Waals surface area (Å²) in [5.74, 6) is 0. The molecule has 1 aliphatic heterocycles. The third kappa shape index (κ3) is 2.12. The summed E-state index contributed by atoms with van der Waals surface area (Å²) in [5.41, 5.74) is 2.32. The van der Waals surface area contributed by atoms with Gasteiger partial charge in [0.1, 0.15) is 0 Å². The van der Waals surface area contributed by atoms with E-state index in [4.69, 9.17) is 1.37 Å². The number of non-ortho nitro benzene ring substituents is 1. The van der Waals surface area contributed by atoms with Gasteiger partial charge in [-0.15, -0.1) is 0 Å². The average Bonchev–Trinajstić information content (AvgIpc) is 2.47. The minimum Gasteiger partial charge on any atom is -0.300 e. The molecule has 4 heteroatoms. The number of nitro groups is 1. The quantitative estimate of drug-likeness (QED) is 0.596. The van der Waals surface area contributed by atoms with Crippen LogP contribution >= 0.6 is 0 Å². The summed E-state index contributed by atoms with van der Waals surface area (Å²) in [6.45, 7) is 0.653. The Hall–Kier alpha value is -1.42. The van der Waals surface area contributed by atoms with E-state index in [0.717, 1.165) is 24.1 Å². The first kappa shape index (κ1) is 10.5. The van der Waals surface area contributed by atoms with Crippen LogP contribution in [0, 0.1) is 10.1 Å². The summed E-state index contributed by atoms with van der Waals surface area (Å²) in [5, 5.41) is 10.8. The Balaban J connectivity index is 1.83. The van der Waals surface area contributed by atoms with E-state index in [9.17, 15) is 10.1 Å². The van der Waals surface area contributed by atoms with Gasteiger partial charge in [-0.2, -0.15) is 0 Å². The summed E-state index contributed by atoms with van der Waals surface area (Å²) < 4.78 is 8.30. The molecule has 0 radical (unpaired) electrons. The molecule has 3 rings (SSSR count). The average molecular weight is 247 g/mol. The van der Waals surface area contributed by atoms with Crippen LogP contribution in [-0.4, -0.2) is 28.9 Å². The largest absolute Gasteiger partial charge is 0.300 e. The van der Waals surface area contributed by atoms with Gasteiger partial charge in [0.15, 0.2) is 0 Å². The summed E-state index contributed by atoms with van der Waals surface area (Å²) in [6, 6.07) is 5.64. The summed E-state index contributed by atoms with van der Waals surface area (Å²) >= 11 is 0. The molecule has 1 saturated carbocycles. The maximum atomic E-state index is 10.8. The third-order valence-corrected chi connectivity index (χ3v) is 4.13. The maximum Gasteiger partial charge on any atom is 0.269 e. The lowest BCUT2D eigenvalue weighted by Crippen LogP contribution is -2.41. The van der Waals surface area contributed by atoms with Crippen molar-refractivity contribution in [1.82, 2.24) is 4.90 Å². The molecule has 0 spiro atoms. The smallest absolute Gasteiger partial charge is 0.269 e. The lowest BCUT2D eigenvalue weighted by atomic mass is 9.91. The van der Waals surface area contributed by atoms with Crippen LogP contribution in [0.1, 0.15) is 31.8 Å². The molecule has 0 aromatic heterocycles. The van der Waals surface area contributed by atoms with Gasteiger partial charge in [-0.05, 0) is 36.8 Å². The van der Waals surface area contributed by atoms with Gasteiger partial charge in [-0.1, -0.05) is 12.5 Å². The summed E-state index contributed by atoms with van der Waals surface area (Å²) in [6.07, 6.45) is 5.18. The van der Waals surface area contributed by atoms with E-state index in [0.29, 0.717) is 12.5 Å². The van der Waals surface area contributed by atoms with Crippen LogP contribution in [0.3, 0.4) is 0 Å². The molecular weight excluding hydrogens is 228 g/mol. The van der Waals surface area contributed by atoms with Crippen molar-refractivity contribution in [3.63, 3.8) is 0 Å². The van der Waals surface area contributed by atoms with Gasteiger partial charge in [0.2, 0.25) is 0 Å². The highest BCUT2D eigenvalue weighted by molar-refractivity contribution is 5.40. The van der Waals surface area contributed by atoms with Crippen molar-refractivity contribution in [1.29, 1.82) is 0 Å². The lowest BCUT2D eigenvalue weighted by Gasteiger charge is -2.36. The van der Waals surface area contributed by atoms with Crippen LogP contribution in [0.4, 0.5) is 5.69 Å². The van der Waals surface area contributed by atoms with Gasteiger partial charge in [-0.25, -0.2) is 0 Å². The highest BCUT2D eigenvalue weighted by Crippen LogP contribution is 2.28. The van der Waals surface area contributed by atoms with Crippen molar-refractivity contribution in [2.75, 3.05) is 13.1 Å². The van der Waals surface area contributed by atoms with E-state index in [1.54, 1.807) is 12.1 Å². The Morgan fingerprint density at radius 2 is 2.17 bits per heavy atom. The van der Waals surface area contributed by atoms with Gasteiger partial charge < -0.3 is 0 Å². The zero-order valence-electron chi connectivity index (χ0n) is 11.3. The first-order valence-electron chi connectivity index (χ1n) is 7.17. The van der Waals surface area contributed by atoms with Crippen LogP contribution in [0.15, 0.2) is 18.2 Å². The normalized spacial score (nSPS) is 25.8. The molecule has 1 fully saturated rings. The second-order valence-corrected chi connectivity index (χ2v) is 5.17. The van der Waals surface area contributed by atoms with Crippen molar-refractivity contribution < 1.29 is 6.29 Å². The van der Waals surface area contributed by atoms with Crippen LogP contribution in [0.2, 0.25) is 0 Å². The fourth-order valence-electron chi connectivity index (χ4n) is 2.76. The monoisotopic (exact) mass is 247 g/mol. The second-order valence-electron chi connectivity index (χ2n) is 5.17. The fourth-order valence-corrected chi connectivity index (χ4v) is 2.76. The number of hydrogen-bond acceptors (Lipinski definition) is 3. The molecule has 0 N–H and O–H groups in total. The van der Waals surface area contributed by atoms with Crippen molar-refractivity contribution in [3.8, 4) is 0 Å². The number of rotatable bonds is 2. The predicted molar refractivity (Wildman–Crippen MR) is 69.7 cm³/mol. The van der Waals surface area contributed by atoms with Crippen LogP contribution in [0.25, 0.3) is 0 Å².